The van der Waals surface area contributed by atoms with Crippen LogP contribution in [0.25, 0.3) is 38.8 Å². The maximum Gasteiger partial charge on any atom is 0.282 e. The molecule has 0 spiro atoms. The number of imidazole rings is 1. The number of nitrogens with two attached hydrogens (primary N) is 2. The molecule has 0 fully saturated rings. The van der Waals surface area contributed by atoms with Crippen molar-refractivity contribution in [3.63, 3.8) is 0 Å². The minimum Gasteiger partial charge on any atom is -0.380 e. The van der Waals surface area contributed by atoms with Gasteiger partial charge in [-0.2, -0.15) is 5.10 Å². The fraction of sp³-hybridized carbons (Fsp3) is 0.0769. The number of anilines is 1. The van der Waals surface area contributed by atoms with Crippen molar-refractivity contribution in [2.75, 3.05) is 5.73 Å². The van der Waals surface area contributed by atoms with Gasteiger partial charge >= 0.3 is 0 Å². The lowest BCUT2D eigenvalue weighted by molar-refractivity contribution is 0.0954. The second-order valence-corrected chi connectivity index (χ2v) is 10.4. The zero-order valence-corrected chi connectivity index (χ0v) is 21.1. The second-order valence-electron chi connectivity index (χ2n) is 8.88. The van der Waals surface area contributed by atoms with Gasteiger partial charge in [0.2, 0.25) is 10.0 Å². The van der Waals surface area contributed by atoms with Crippen molar-refractivity contribution in [2.45, 2.75) is 18.7 Å². The number of carbonyl (C=O) groups excluding carboxylic acids is 1. The third-order valence-corrected chi connectivity index (χ3v) is 7.28. The number of aryl methyl sites for hydroxylation is 2. The average molecular weight is 528 g/mol. The van der Waals surface area contributed by atoms with Gasteiger partial charge in [-0.25, -0.2) is 23.2 Å². The fourth-order valence-electron chi connectivity index (χ4n) is 4.62. The molecule has 0 aliphatic heterocycles. The van der Waals surface area contributed by atoms with Gasteiger partial charge in [-0.3, -0.25) is 9.36 Å². The number of primary sulfonamides is 1. The van der Waals surface area contributed by atoms with Gasteiger partial charge in [-0.05, 0) is 61.9 Å². The molecule has 12 heteroatoms. The highest BCUT2D eigenvalue weighted by Crippen LogP contribution is 2.30. The topological polar surface area (TPSA) is 165 Å². The second kappa shape index (κ2) is 8.36. The molecule has 0 aliphatic rings. The van der Waals surface area contributed by atoms with Gasteiger partial charge in [0.25, 0.3) is 5.91 Å². The Balaban J connectivity index is 1.46. The van der Waals surface area contributed by atoms with Crippen LogP contribution in [-0.4, -0.2) is 38.8 Å². The maximum atomic E-state index is 13.9. The van der Waals surface area contributed by atoms with Crippen LogP contribution < -0.4 is 10.9 Å². The van der Waals surface area contributed by atoms with E-state index in [4.69, 9.17) is 15.4 Å². The van der Waals surface area contributed by atoms with E-state index in [9.17, 15) is 13.2 Å². The summed E-state index contributed by atoms with van der Waals surface area (Å²) in [5.74, 6) is 0.377. The summed E-state index contributed by atoms with van der Waals surface area (Å²) in [7, 11) is -3.94. The number of fused-ring (bicyclic) bond motifs is 2. The molecule has 0 unspecified atom stereocenters. The zero-order valence-electron chi connectivity index (χ0n) is 20.3. The Kier molecular flexibility index (Phi) is 5.19. The fourth-order valence-corrected chi connectivity index (χ4v) is 5.38. The first-order valence-electron chi connectivity index (χ1n) is 11.5. The van der Waals surface area contributed by atoms with Crippen molar-refractivity contribution >= 4 is 43.8 Å². The third-order valence-electron chi connectivity index (χ3n) is 6.31. The standard InChI is InChI=1S/C26H21N7O4S/c1-14-11-22(33(30-14)17-8-10-23-19(13-17)25(27)31-37-23)26(34)32-15(2)29-20-12-16(7-9-21(20)32)18-5-3-4-6-24(18)38(28,35)36/h3-13H,1-2H3,(H2,27,31)(H2,28,35,36). The molecule has 11 nitrogen and oxygen atoms in total. The molecule has 0 amide bonds. The molecular weight excluding hydrogens is 506 g/mol. The third kappa shape index (κ3) is 3.74. The molecule has 4 N–H and O–H groups in total. The van der Waals surface area contributed by atoms with Gasteiger partial charge in [0.05, 0.1) is 32.7 Å². The quantitative estimate of drug-likeness (QED) is 0.351. The monoisotopic (exact) mass is 527 g/mol. The molecule has 0 bridgehead atoms. The number of nitrogen functional groups attached to an aromatic ring is 1. The molecule has 3 aromatic carbocycles. The molecule has 3 heterocycles. The first-order valence-corrected chi connectivity index (χ1v) is 13.0. The van der Waals surface area contributed by atoms with Crippen LogP contribution in [0.3, 0.4) is 0 Å². The molecule has 6 aromatic rings. The van der Waals surface area contributed by atoms with E-state index in [0.717, 1.165) is 0 Å². The summed E-state index contributed by atoms with van der Waals surface area (Å²) < 4.78 is 32.5. The lowest BCUT2D eigenvalue weighted by atomic mass is 10.1. The van der Waals surface area contributed by atoms with E-state index in [1.165, 1.54) is 10.6 Å². The predicted molar refractivity (Wildman–Crippen MR) is 141 cm³/mol. The Bertz CT molecular complexity index is 2020. The number of benzene rings is 3. The van der Waals surface area contributed by atoms with Gasteiger partial charge < -0.3 is 10.3 Å². The highest BCUT2D eigenvalue weighted by Gasteiger charge is 2.23. The molecule has 0 saturated carbocycles. The van der Waals surface area contributed by atoms with Crippen molar-refractivity contribution in [1.82, 2.24) is 24.5 Å². The summed E-state index contributed by atoms with van der Waals surface area (Å²) in [6.07, 6.45) is 0. The Morgan fingerprint density at radius 3 is 2.58 bits per heavy atom. The normalized spacial score (nSPS) is 12.0. The zero-order chi connectivity index (χ0) is 26.8. The highest BCUT2D eigenvalue weighted by molar-refractivity contribution is 7.89. The van der Waals surface area contributed by atoms with Crippen LogP contribution in [0, 0.1) is 13.8 Å². The molecular formula is C26H21N7O4S. The van der Waals surface area contributed by atoms with Gasteiger partial charge in [-0.15, -0.1) is 0 Å². The van der Waals surface area contributed by atoms with Crippen molar-refractivity contribution in [1.29, 1.82) is 0 Å². The van der Waals surface area contributed by atoms with Crippen LogP contribution in [0.15, 0.2) is 76.1 Å². The smallest absolute Gasteiger partial charge is 0.282 e. The number of hydrogen-bond donors (Lipinski definition) is 2. The van der Waals surface area contributed by atoms with Crippen molar-refractivity contribution < 1.29 is 17.7 Å². The summed E-state index contributed by atoms with van der Waals surface area (Å²) in [5, 5.41) is 14.3. The van der Waals surface area contributed by atoms with Crippen LogP contribution in [0.1, 0.15) is 22.0 Å². The number of nitrogens with zero attached hydrogens (tertiary/aromatic N) is 5. The number of sulfonamides is 1. The lowest BCUT2D eigenvalue weighted by Crippen LogP contribution is -2.18. The van der Waals surface area contributed by atoms with Gasteiger partial charge in [-0.1, -0.05) is 29.4 Å². The first-order chi connectivity index (χ1) is 18.1. The molecule has 0 saturated heterocycles. The molecule has 0 radical (unpaired) electrons. The molecule has 190 valence electrons. The van der Waals surface area contributed by atoms with E-state index in [1.54, 1.807) is 79.2 Å². The van der Waals surface area contributed by atoms with Crippen molar-refractivity contribution in [3.8, 4) is 16.8 Å². The van der Waals surface area contributed by atoms with E-state index in [-0.39, 0.29) is 16.6 Å². The van der Waals surface area contributed by atoms with Crippen LogP contribution >= 0.6 is 0 Å². The Labute approximate surface area is 216 Å². The Hall–Kier alpha value is -4.81. The van der Waals surface area contributed by atoms with Crippen molar-refractivity contribution in [2.24, 2.45) is 5.14 Å². The minimum absolute atomic E-state index is 0.0105. The first kappa shape index (κ1) is 23.6. The van der Waals surface area contributed by atoms with Crippen LogP contribution in [0.4, 0.5) is 5.82 Å². The minimum atomic E-state index is -3.94. The molecule has 38 heavy (non-hydrogen) atoms. The average Bonchev–Trinajstić information content (AvgIpc) is 3.56. The summed E-state index contributed by atoms with van der Waals surface area (Å²) in [6.45, 7) is 3.53. The predicted octanol–water partition coefficient (Wildman–Crippen LogP) is 3.57. The SMILES string of the molecule is Cc1cc(C(=O)n2c(C)nc3cc(-c4ccccc4S(N)(=O)=O)ccc32)n(-c2ccc3onc(N)c3c2)n1. The van der Waals surface area contributed by atoms with E-state index in [0.29, 0.717) is 56.0 Å². The summed E-state index contributed by atoms with van der Waals surface area (Å²) in [6, 6.07) is 18.6. The number of aromatic nitrogens is 5. The Morgan fingerprint density at radius 2 is 1.79 bits per heavy atom. The Morgan fingerprint density at radius 1 is 1.00 bits per heavy atom. The van der Waals surface area contributed by atoms with E-state index < -0.39 is 10.0 Å². The van der Waals surface area contributed by atoms with Crippen LogP contribution in [0.5, 0.6) is 0 Å². The van der Waals surface area contributed by atoms with Gasteiger partial charge in [0, 0.05) is 5.56 Å². The van der Waals surface area contributed by atoms with E-state index >= 15 is 0 Å². The summed E-state index contributed by atoms with van der Waals surface area (Å²) >= 11 is 0. The van der Waals surface area contributed by atoms with Crippen LogP contribution in [-0.2, 0) is 10.0 Å². The molecule has 3 aromatic heterocycles. The van der Waals surface area contributed by atoms with E-state index in [1.807, 2.05) is 0 Å². The number of hydrogen-bond acceptors (Lipinski definition) is 8. The van der Waals surface area contributed by atoms with Gasteiger partial charge in [0.15, 0.2) is 11.4 Å². The molecule has 0 atom stereocenters. The summed E-state index contributed by atoms with van der Waals surface area (Å²) in [4.78, 5) is 18.5. The summed E-state index contributed by atoms with van der Waals surface area (Å²) in [5.41, 5.74) is 10.2. The molecule has 6 rings (SSSR count). The van der Waals surface area contributed by atoms with E-state index in [2.05, 4.69) is 15.2 Å². The number of rotatable bonds is 4. The maximum absolute atomic E-state index is 13.9. The molecule has 0 aliphatic carbocycles. The largest absolute Gasteiger partial charge is 0.380 e. The number of carbonyl (C=O) groups is 1. The van der Waals surface area contributed by atoms with Crippen LogP contribution in [0.2, 0.25) is 0 Å². The van der Waals surface area contributed by atoms with Crippen molar-refractivity contribution in [3.05, 3.63) is 83.9 Å². The lowest BCUT2D eigenvalue weighted by Gasteiger charge is -2.10. The van der Waals surface area contributed by atoms with Gasteiger partial charge in [0.1, 0.15) is 11.5 Å². The highest BCUT2D eigenvalue weighted by atomic mass is 32.2.